The first-order chi connectivity index (χ1) is 9.61. The van der Waals surface area contributed by atoms with E-state index in [4.69, 9.17) is 16.3 Å². The predicted octanol–water partition coefficient (Wildman–Crippen LogP) is 3.55. The SMILES string of the molecule is CCOc1cncc(C(O)Cc2c(F)cccc2Cl)c1. The summed E-state index contributed by atoms with van der Waals surface area (Å²) in [6.45, 7) is 2.38. The second-order valence-corrected chi connectivity index (χ2v) is 4.71. The number of hydrogen-bond donors (Lipinski definition) is 1. The molecule has 0 amide bonds. The Kier molecular flexibility index (Phi) is 4.93. The second-order valence-electron chi connectivity index (χ2n) is 4.31. The van der Waals surface area contributed by atoms with Gasteiger partial charge in [-0.1, -0.05) is 17.7 Å². The standard InChI is InChI=1S/C15H15ClFNO2/c1-2-20-11-6-10(8-18-9-11)15(19)7-12-13(16)4-3-5-14(12)17/h3-6,8-9,15,19H,2,7H2,1H3. The quantitative estimate of drug-likeness (QED) is 0.917. The molecule has 0 bridgehead atoms. The fourth-order valence-corrected chi connectivity index (χ4v) is 2.14. The van der Waals surface area contributed by atoms with E-state index < -0.39 is 11.9 Å². The van der Waals surface area contributed by atoms with Crippen molar-refractivity contribution >= 4 is 11.6 Å². The lowest BCUT2D eigenvalue weighted by molar-refractivity contribution is 0.176. The summed E-state index contributed by atoms with van der Waals surface area (Å²) in [6.07, 6.45) is 2.29. The van der Waals surface area contributed by atoms with E-state index in [2.05, 4.69) is 4.98 Å². The molecule has 1 atom stereocenters. The van der Waals surface area contributed by atoms with Gasteiger partial charge in [-0.3, -0.25) is 4.98 Å². The summed E-state index contributed by atoms with van der Waals surface area (Å²) in [5.74, 6) is 0.147. The van der Waals surface area contributed by atoms with Crippen molar-refractivity contribution in [3.8, 4) is 5.75 Å². The van der Waals surface area contributed by atoms with Crippen LogP contribution in [0.15, 0.2) is 36.7 Å². The van der Waals surface area contributed by atoms with Crippen LogP contribution in [0.4, 0.5) is 4.39 Å². The maximum Gasteiger partial charge on any atom is 0.137 e. The average molecular weight is 296 g/mol. The van der Waals surface area contributed by atoms with Crippen LogP contribution in [0.3, 0.4) is 0 Å². The Morgan fingerprint density at radius 1 is 1.40 bits per heavy atom. The van der Waals surface area contributed by atoms with Crippen LogP contribution >= 0.6 is 11.6 Å². The summed E-state index contributed by atoms with van der Waals surface area (Å²) in [7, 11) is 0. The van der Waals surface area contributed by atoms with E-state index >= 15 is 0 Å². The van der Waals surface area contributed by atoms with E-state index in [1.54, 1.807) is 18.3 Å². The Balaban J connectivity index is 2.19. The topological polar surface area (TPSA) is 42.4 Å². The average Bonchev–Trinajstić information content (AvgIpc) is 2.43. The summed E-state index contributed by atoms with van der Waals surface area (Å²) in [4.78, 5) is 4.00. The fourth-order valence-electron chi connectivity index (χ4n) is 1.90. The molecule has 0 aliphatic rings. The van der Waals surface area contributed by atoms with E-state index in [1.807, 2.05) is 6.92 Å². The highest BCUT2D eigenvalue weighted by Gasteiger charge is 2.15. The monoisotopic (exact) mass is 295 g/mol. The van der Waals surface area contributed by atoms with Crippen LogP contribution in [-0.2, 0) is 6.42 Å². The molecular formula is C15H15ClFNO2. The predicted molar refractivity (Wildman–Crippen MR) is 75.5 cm³/mol. The van der Waals surface area contributed by atoms with Crippen molar-refractivity contribution in [2.75, 3.05) is 6.61 Å². The van der Waals surface area contributed by atoms with Gasteiger partial charge in [0.15, 0.2) is 0 Å². The minimum Gasteiger partial charge on any atom is -0.492 e. The Morgan fingerprint density at radius 2 is 2.20 bits per heavy atom. The van der Waals surface area contributed by atoms with Crippen molar-refractivity contribution in [2.45, 2.75) is 19.4 Å². The Hall–Kier alpha value is -1.65. The molecule has 0 saturated carbocycles. The molecule has 106 valence electrons. The summed E-state index contributed by atoms with van der Waals surface area (Å²) in [5.41, 5.74) is 0.860. The van der Waals surface area contributed by atoms with Gasteiger partial charge in [-0.05, 0) is 25.1 Å². The normalized spacial score (nSPS) is 12.2. The highest BCUT2D eigenvalue weighted by atomic mass is 35.5. The van der Waals surface area contributed by atoms with Crippen LogP contribution in [0.1, 0.15) is 24.2 Å². The molecule has 0 radical (unpaired) electrons. The largest absolute Gasteiger partial charge is 0.492 e. The van der Waals surface area contributed by atoms with Crippen LogP contribution in [0, 0.1) is 5.82 Å². The summed E-state index contributed by atoms with van der Waals surface area (Å²) in [5, 5.41) is 10.5. The molecule has 2 rings (SSSR count). The van der Waals surface area contributed by atoms with E-state index in [-0.39, 0.29) is 6.42 Å². The third-order valence-electron chi connectivity index (χ3n) is 2.89. The van der Waals surface area contributed by atoms with Crippen molar-refractivity contribution in [1.82, 2.24) is 4.98 Å². The molecule has 1 aromatic carbocycles. The van der Waals surface area contributed by atoms with Crippen LogP contribution in [0.2, 0.25) is 5.02 Å². The van der Waals surface area contributed by atoms with Crippen LogP contribution in [0.5, 0.6) is 5.75 Å². The maximum atomic E-state index is 13.7. The van der Waals surface area contributed by atoms with E-state index in [0.717, 1.165) is 0 Å². The van der Waals surface area contributed by atoms with Gasteiger partial charge < -0.3 is 9.84 Å². The molecule has 1 N–H and O–H groups in total. The first-order valence-electron chi connectivity index (χ1n) is 6.30. The second kappa shape index (κ2) is 6.68. The molecule has 0 aliphatic carbocycles. The van der Waals surface area contributed by atoms with Crippen LogP contribution < -0.4 is 4.74 Å². The van der Waals surface area contributed by atoms with Gasteiger partial charge in [0.25, 0.3) is 0 Å². The number of ether oxygens (including phenoxy) is 1. The molecule has 0 aliphatic heterocycles. The first-order valence-corrected chi connectivity index (χ1v) is 6.68. The number of hydrogen-bond acceptors (Lipinski definition) is 3. The van der Waals surface area contributed by atoms with Gasteiger partial charge in [-0.15, -0.1) is 0 Å². The van der Waals surface area contributed by atoms with Crippen LogP contribution in [-0.4, -0.2) is 16.7 Å². The third-order valence-corrected chi connectivity index (χ3v) is 3.24. The molecule has 1 heterocycles. The molecule has 2 aromatic rings. The smallest absolute Gasteiger partial charge is 0.137 e. The molecule has 20 heavy (non-hydrogen) atoms. The van der Waals surface area contributed by atoms with Crippen molar-refractivity contribution in [3.05, 3.63) is 58.6 Å². The zero-order valence-electron chi connectivity index (χ0n) is 11.0. The molecule has 0 saturated heterocycles. The lowest BCUT2D eigenvalue weighted by atomic mass is 10.0. The molecule has 1 unspecified atom stereocenters. The number of aromatic nitrogens is 1. The van der Waals surface area contributed by atoms with Crippen LogP contribution in [0.25, 0.3) is 0 Å². The van der Waals surface area contributed by atoms with Crippen molar-refractivity contribution in [3.63, 3.8) is 0 Å². The summed E-state index contributed by atoms with van der Waals surface area (Å²) < 4.78 is 19.0. The van der Waals surface area contributed by atoms with E-state index in [0.29, 0.717) is 28.5 Å². The highest BCUT2D eigenvalue weighted by molar-refractivity contribution is 6.31. The third kappa shape index (κ3) is 3.46. The Bertz CT molecular complexity index is 572. The van der Waals surface area contributed by atoms with Gasteiger partial charge in [-0.2, -0.15) is 0 Å². The van der Waals surface area contributed by atoms with Gasteiger partial charge in [0, 0.05) is 28.8 Å². The molecule has 5 heteroatoms. The number of pyridine rings is 1. The molecular weight excluding hydrogens is 281 g/mol. The zero-order valence-corrected chi connectivity index (χ0v) is 11.8. The lowest BCUT2D eigenvalue weighted by Gasteiger charge is -2.13. The van der Waals surface area contributed by atoms with Gasteiger partial charge in [0.05, 0.1) is 18.9 Å². The molecule has 0 fully saturated rings. The Labute approximate surface area is 122 Å². The van der Waals surface area contributed by atoms with Crippen molar-refractivity contribution < 1.29 is 14.2 Å². The minimum atomic E-state index is -0.891. The number of halogens is 2. The van der Waals surface area contributed by atoms with E-state index in [1.165, 1.54) is 18.3 Å². The molecule has 3 nitrogen and oxygen atoms in total. The summed E-state index contributed by atoms with van der Waals surface area (Å²) >= 11 is 5.95. The number of aliphatic hydroxyl groups excluding tert-OH is 1. The fraction of sp³-hybridized carbons (Fsp3) is 0.267. The minimum absolute atomic E-state index is 0.0861. The molecule has 1 aromatic heterocycles. The molecule has 0 spiro atoms. The number of nitrogens with zero attached hydrogens (tertiary/aromatic N) is 1. The first kappa shape index (κ1) is 14.8. The number of benzene rings is 1. The highest BCUT2D eigenvalue weighted by Crippen LogP contribution is 2.26. The zero-order chi connectivity index (χ0) is 14.5. The van der Waals surface area contributed by atoms with Gasteiger partial charge >= 0.3 is 0 Å². The van der Waals surface area contributed by atoms with Gasteiger partial charge in [0.1, 0.15) is 11.6 Å². The number of aliphatic hydroxyl groups is 1. The summed E-state index contributed by atoms with van der Waals surface area (Å²) in [6, 6.07) is 6.14. The van der Waals surface area contributed by atoms with Crippen molar-refractivity contribution in [2.24, 2.45) is 0 Å². The van der Waals surface area contributed by atoms with Gasteiger partial charge in [0.2, 0.25) is 0 Å². The number of rotatable bonds is 5. The maximum absolute atomic E-state index is 13.7. The van der Waals surface area contributed by atoms with Crippen molar-refractivity contribution in [1.29, 1.82) is 0 Å². The lowest BCUT2D eigenvalue weighted by Crippen LogP contribution is -2.05. The van der Waals surface area contributed by atoms with Gasteiger partial charge in [-0.25, -0.2) is 4.39 Å². The van der Waals surface area contributed by atoms with E-state index in [9.17, 15) is 9.50 Å². The Morgan fingerprint density at radius 3 is 2.90 bits per heavy atom.